The molecule has 2 amide bonds. The third-order valence-corrected chi connectivity index (χ3v) is 7.30. The Bertz CT molecular complexity index is 712. The van der Waals surface area contributed by atoms with Crippen LogP contribution in [0.15, 0.2) is 24.3 Å². The van der Waals surface area contributed by atoms with Crippen LogP contribution in [0.1, 0.15) is 50.4 Å². The van der Waals surface area contributed by atoms with Gasteiger partial charge in [-0.2, -0.15) is 0 Å². The van der Waals surface area contributed by atoms with Gasteiger partial charge in [0.2, 0.25) is 0 Å². The molecule has 1 aromatic carbocycles. The van der Waals surface area contributed by atoms with Gasteiger partial charge in [-0.15, -0.1) is 0 Å². The van der Waals surface area contributed by atoms with E-state index in [0.29, 0.717) is 24.6 Å². The van der Waals surface area contributed by atoms with Gasteiger partial charge in [0.05, 0.1) is 6.54 Å². The standard InChI is InChI=1S/C20H26N2O3/c1-19(2)14-8-9-20(19,3)16(12-14)21-17(23)13-4-6-15(7-5-13)22-10-11-25-18(22)24/h4-7,14,16H,8-12H2,1-3H3,(H,21,23)/t14-,16-,20+/m0/s1. The zero-order chi connectivity index (χ0) is 17.8. The quantitative estimate of drug-likeness (QED) is 0.913. The highest BCUT2D eigenvalue weighted by Gasteiger charge is 2.61. The molecule has 0 aromatic heterocycles. The van der Waals surface area contributed by atoms with E-state index in [1.54, 1.807) is 17.0 Å². The van der Waals surface area contributed by atoms with Crippen molar-refractivity contribution >= 4 is 17.7 Å². The molecule has 4 rings (SSSR count). The first-order chi connectivity index (χ1) is 11.8. The molecule has 0 spiro atoms. The molecule has 5 heteroatoms. The maximum absolute atomic E-state index is 12.7. The molecule has 3 atom stereocenters. The van der Waals surface area contributed by atoms with Crippen molar-refractivity contribution in [1.82, 2.24) is 5.32 Å². The minimum absolute atomic E-state index is 0.0230. The van der Waals surface area contributed by atoms with Crippen LogP contribution in [0.4, 0.5) is 10.5 Å². The molecular formula is C20H26N2O3. The van der Waals surface area contributed by atoms with E-state index in [0.717, 1.165) is 12.1 Å². The van der Waals surface area contributed by atoms with Gasteiger partial charge in [0.15, 0.2) is 0 Å². The monoisotopic (exact) mass is 342 g/mol. The van der Waals surface area contributed by atoms with Crippen LogP contribution in [0.3, 0.4) is 0 Å². The third-order valence-electron chi connectivity index (χ3n) is 7.30. The summed E-state index contributed by atoms with van der Waals surface area (Å²) in [6.07, 6.45) is 3.21. The maximum Gasteiger partial charge on any atom is 0.414 e. The van der Waals surface area contributed by atoms with Crippen molar-refractivity contribution in [3.05, 3.63) is 29.8 Å². The van der Waals surface area contributed by atoms with E-state index in [1.807, 2.05) is 12.1 Å². The van der Waals surface area contributed by atoms with Gasteiger partial charge in [0.1, 0.15) is 6.61 Å². The molecule has 2 saturated carbocycles. The van der Waals surface area contributed by atoms with Gasteiger partial charge >= 0.3 is 6.09 Å². The van der Waals surface area contributed by atoms with E-state index in [2.05, 4.69) is 26.1 Å². The first-order valence-corrected chi connectivity index (χ1v) is 9.18. The van der Waals surface area contributed by atoms with Crippen LogP contribution in [-0.4, -0.2) is 31.2 Å². The molecule has 0 radical (unpaired) electrons. The zero-order valence-electron chi connectivity index (χ0n) is 15.2. The van der Waals surface area contributed by atoms with Gasteiger partial charge in [0, 0.05) is 17.3 Å². The molecule has 3 aliphatic rings. The Balaban J connectivity index is 1.46. The van der Waals surface area contributed by atoms with Crippen LogP contribution in [0.25, 0.3) is 0 Å². The molecule has 5 nitrogen and oxygen atoms in total. The SMILES string of the molecule is CC1(C)[C@H]2CC[C@]1(C)[C@@H](NC(=O)c1ccc(N3CCOC3=O)cc1)C2. The van der Waals surface area contributed by atoms with Crippen molar-refractivity contribution in [1.29, 1.82) is 0 Å². The summed E-state index contributed by atoms with van der Waals surface area (Å²) >= 11 is 0. The van der Waals surface area contributed by atoms with Gasteiger partial charge in [-0.05, 0) is 60.3 Å². The summed E-state index contributed by atoms with van der Waals surface area (Å²) in [5.74, 6) is 0.677. The average molecular weight is 342 g/mol. The number of nitrogens with one attached hydrogen (secondary N) is 1. The lowest BCUT2D eigenvalue weighted by molar-refractivity contribution is 0.0826. The molecule has 1 saturated heterocycles. The summed E-state index contributed by atoms with van der Waals surface area (Å²) in [4.78, 5) is 25.9. The summed E-state index contributed by atoms with van der Waals surface area (Å²) in [5.41, 5.74) is 1.87. The number of fused-ring (bicyclic) bond motifs is 2. The van der Waals surface area contributed by atoms with E-state index < -0.39 is 0 Å². The first-order valence-electron chi connectivity index (χ1n) is 9.18. The Kier molecular flexibility index (Phi) is 3.60. The molecule has 25 heavy (non-hydrogen) atoms. The molecular weight excluding hydrogens is 316 g/mol. The van der Waals surface area contributed by atoms with Gasteiger partial charge in [0.25, 0.3) is 5.91 Å². The van der Waals surface area contributed by atoms with Gasteiger partial charge in [-0.1, -0.05) is 20.8 Å². The van der Waals surface area contributed by atoms with E-state index in [1.165, 1.54) is 12.8 Å². The highest BCUT2D eigenvalue weighted by atomic mass is 16.6. The molecule has 0 unspecified atom stereocenters. The molecule has 3 fully saturated rings. The van der Waals surface area contributed by atoms with Crippen LogP contribution >= 0.6 is 0 Å². The number of nitrogens with zero attached hydrogens (tertiary/aromatic N) is 1. The number of rotatable bonds is 3. The Morgan fingerprint density at radius 2 is 1.96 bits per heavy atom. The minimum Gasteiger partial charge on any atom is -0.447 e. The molecule has 134 valence electrons. The Morgan fingerprint density at radius 3 is 2.48 bits per heavy atom. The van der Waals surface area contributed by atoms with E-state index >= 15 is 0 Å². The summed E-state index contributed by atoms with van der Waals surface area (Å²) < 4.78 is 4.95. The minimum atomic E-state index is -0.325. The van der Waals surface area contributed by atoms with E-state index in [9.17, 15) is 9.59 Å². The average Bonchev–Trinajstić information content (AvgIpc) is 3.16. The summed E-state index contributed by atoms with van der Waals surface area (Å²) in [7, 11) is 0. The van der Waals surface area contributed by atoms with E-state index in [4.69, 9.17) is 4.74 Å². The second-order valence-electron chi connectivity index (χ2n) is 8.45. The number of benzene rings is 1. The van der Waals surface area contributed by atoms with Gasteiger partial charge < -0.3 is 10.1 Å². The highest BCUT2D eigenvalue weighted by Crippen LogP contribution is 2.65. The number of anilines is 1. The molecule has 2 aliphatic carbocycles. The fraction of sp³-hybridized carbons (Fsp3) is 0.600. The smallest absolute Gasteiger partial charge is 0.414 e. The van der Waals surface area contributed by atoms with Crippen LogP contribution in [0, 0.1) is 16.7 Å². The first kappa shape index (κ1) is 16.4. The van der Waals surface area contributed by atoms with Crippen molar-refractivity contribution in [3.63, 3.8) is 0 Å². The van der Waals surface area contributed by atoms with E-state index in [-0.39, 0.29) is 28.9 Å². The number of cyclic esters (lactones) is 1. The zero-order valence-corrected chi connectivity index (χ0v) is 15.2. The van der Waals surface area contributed by atoms with Crippen molar-refractivity contribution < 1.29 is 14.3 Å². The van der Waals surface area contributed by atoms with Crippen molar-refractivity contribution in [2.45, 2.75) is 46.1 Å². The van der Waals surface area contributed by atoms with Crippen molar-refractivity contribution in [2.75, 3.05) is 18.1 Å². The normalized spacial score (nSPS) is 32.8. The van der Waals surface area contributed by atoms with Crippen molar-refractivity contribution in [2.24, 2.45) is 16.7 Å². The molecule has 1 aliphatic heterocycles. The van der Waals surface area contributed by atoms with Gasteiger partial charge in [-0.3, -0.25) is 9.69 Å². The lowest BCUT2D eigenvalue weighted by Crippen LogP contribution is -2.46. The van der Waals surface area contributed by atoms with Crippen LogP contribution in [0.2, 0.25) is 0 Å². The number of hydrogen-bond donors (Lipinski definition) is 1. The second-order valence-corrected chi connectivity index (χ2v) is 8.45. The molecule has 1 aromatic rings. The predicted octanol–water partition coefficient (Wildman–Crippen LogP) is 3.59. The fourth-order valence-electron chi connectivity index (χ4n) is 5.08. The number of carbonyl (C=O) groups excluding carboxylic acids is 2. The number of hydrogen-bond acceptors (Lipinski definition) is 3. The number of ether oxygens (including phenoxy) is 1. The number of amides is 2. The Morgan fingerprint density at radius 1 is 1.24 bits per heavy atom. The van der Waals surface area contributed by atoms with Crippen LogP contribution in [-0.2, 0) is 4.74 Å². The Hall–Kier alpha value is -2.04. The predicted molar refractivity (Wildman–Crippen MR) is 95.6 cm³/mol. The summed E-state index contributed by atoms with van der Waals surface area (Å²) in [6.45, 7) is 7.99. The Labute approximate surface area is 148 Å². The lowest BCUT2D eigenvalue weighted by atomic mass is 9.69. The second kappa shape index (κ2) is 5.48. The lowest BCUT2D eigenvalue weighted by Gasteiger charge is -2.39. The fourth-order valence-corrected chi connectivity index (χ4v) is 5.08. The third kappa shape index (κ3) is 2.35. The summed E-state index contributed by atoms with van der Waals surface area (Å²) in [5, 5.41) is 3.28. The number of carbonyl (C=O) groups is 2. The summed E-state index contributed by atoms with van der Waals surface area (Å²) in [6, 6.07) is 7.44. The van der Waals surface area contributed by atoms with Crippen molar-refractivity contribution in [3.8, 4) is 0 Å². The van der Waals surface area contributed by atoms with Crippen LogP contribution in [0.5, 0.6) is 0 Å². The molecule has 2 bridgehead atoms. The topological polar surface area (TPSA) is 58.6 Å². The molecule has 1 heterocycles. The van der Waals surface area contributed by atoms with Crippen LogP contribution < -0.4 is 10.2 Å². The highest BCUT2D eigenvalue weighted by molar-refractivity contribution is 5.96. The van der Waals surface area contributed by atoms with Gasteiger partial charge in [-0.25, -0.2) is 4.79 Å². The maximum atomic E-state index is 12.7. The largest absolute Gasteiger partial charge is 0.447 e. The molecule has 1 N–H and O–H groups in total.